The Bertz CT molecular complexity index is 1610. The molecule has 0 fully saturated rings. The third-order valence-electron chi connectivity index (χ3n) is 6.36. The zero-order chi connectivity index (χ0) is 25.4. The number of benzene rings is 2. The fourth-order valence-electron chi connectivity index (χ4n) is 3.95. The van der Waals surface area contributed by atoms with Crippen molar-refractivity contribution >= 4 is 30.6 Å². The summed E-state index contributed by atoms with van der Waals surface area (Å²) in [5.41, 5.74) is 4.81. The van der Waals surface area contributed by atoms with Gasteiger partial charge in [-0.3, -0.25) is 4.98 Å². The average molecular weight is 509 g/mol. The highest BCUT2D eigenvalue weighted by atomic mass is 32.2. The molecule has 4 aromatic rings. The van der Waals surface area contributed by atoms with Crippen LogP contribution in [0.25, 0.3) is 33.2 Å². The predicted molar refractivity (Wildman–Crippen MR) is 141 cm³/mol. The lowest BCUT2D eigenvalue weighted by molar-refractivity contribution is 0.561. The molecule has 35 heavy (non-hydrogen) atoms. The van der Waals surface area contributed by atoms with E-state index in [1.165, 1.54) is 6.26 Å². The summed E-state index contributed by atoms with van der Waals surface area (Å²) in [4.78, 5) is 8.78. The quantitative estimate of drug-likeness (QED) is 0.331. The van der Waals surface area contributed by atoms with Crippen molar-refractivity contribution in [1.29, 1.82) is 0 Å². The summed E-state index contributed by atoms with van der Waals surface area (Å²) in [6, 6.07) is 18.6. The predicted octanol–water partition coefficient (Wildman–Crippen LogP) is 5.43. The van der Waals surface area contributed by atoms with Crippen LogP contribution in [0.3, 0.4) is 0 Å². The number of rotatable bonds is 7. The van der Waals surface area contributed by atoms with Gasteiger partial charge < -0.3 is 0 Å². The lowest BCUT2D eigenvalue weighted by Crippen LogP contribution is -2.28. The van der Waals surface area contributed by atoms with Gasteiger partial charge in [0, 0.05) is 35.2 Å². The number of hydrogen-bond donors (Lipinski definition) is 0. The van der Waals surface area contributed by atoms with Crippen LogP contribution in [0.2, 0.25) is 0 Å². The number of fused-ring (bicyclic) bond motifs is 1. The van der Waals surface area contributed by atoms with Gasteiger partial charge in [-0.25, -0.2) is 21.8 Å². The number of hydrogen-bond acceptors (Lipinski definition) is 6. The molecule has 2 aromatic heterocycles. The topological polar surface area (TPSA) is 94.1 Å². The molecule has 0 atom stereocenters. The van der Waals surface area contributed by atoms with Crippen LogP contribution in [0.5, 0.6) is 0 Å². The van der Waals surface area contributed by atoms with E-state index in [-0.39, 0.29) is 10.8 Å². The second kappa shape index (κ2) is 9.17. The van der Waals surface area contributed by atoms with E-state index < -0.39 is 24.4 Å². The van der Waals surface area contributed by atoms with Gasteiger partial charge in [-0.2, -0.15) is 0 Å². The van der Waals surface area contributed by atoms with E-state index in [0.717, 1.165) is 33.2 Å². The molecular formula is C27H28N2O4S2. The second-order valence-electron chi connectivity index (χ2n) is 9.17. The van der Waals surface area contributed by atoms with Crippen LogP contribution in [0, 0.1) is 0 Å². The minimum absolute atomic E-state index is 0.0646. The molecule has 8 heteroatoms. The molecule has 0 N–H and O–H groups in total. The molecule has 0 bridgehead atoms. The van der Waals surface area contributed by atoms with Crippen LogP contribution < -0.4 is 0 Å². The first-order valence-electron chi connectivity index (χ1n) is 11.3. The number of nitrogens with zero attached hydrogens (tertiary/aromatic N) is 2. The maximum Gasteiger partial charge on any atom is 0.195 e. The molecular weight excluding hydrogens is 480 g/mol. The summed E-state index contributed by atoms with van der Waals surface area (Å²) in [6.07, 6.45) is 5.07. The van der Waals surface area contributed by atoms with E-state index in [1.807, 2.05) is 55.5 Å². The summed E-state index contributed by atoms with van der Waals surface area (Å²) in [7, 11) is -6.76. The molecule has 182 valence electrons. The normalized spacial score (nSPS) is 12.7. The molecule has 4 rings (SSSR count). The van der Waals surface area contributed by atoms with Crippen molar-refractivity contribution in [3.05, 3.63) is 78.6 Å². The second-order valence-corrected chi connectivity index (χ2v) is 13.8. The van der Waals surface area contributed by atoms with Gasteiger partial charge in [0.1, 0.15) is 0 Å². The summed E-state index contributed by atoms with van der Waals surface area (Å²) < 4.78 is 48.7. The van der Waals surface area contributed by atoms with E-state index in [2.05, 4.69) is 9.97 Å². The number of aromatic nitrogens is 2. The van der Waals surface area contributed by atoms with Gasteiger partial charge in [0.2, 0.25) is 0 Å². The smallest absolute Gasteiger partial charge is 0.195 e. The molecule has 0 saturated carbocycles. The molecule has 0 spiro atoms. The monoisotopic (exact) mass is 508 g/mol. The van der Waals surface area contributed by atoms with Crippen LogP contribution in [0.4, 0.5) is 0 Å². The Balaban J connectivity index is 1.84. The van der Waals surface area contributed by atoms with Crippen molar-refractivity contribution < 1.29 is 16.8 Å². The molecule has 6 nitrogen and oxygen atoms in total. The Kier molecular flexibility index (Phi) is 6.55. The Morgan fingerprint density at radius 1 is 0.829 bits per heavy atom. The van der Waals surface area contributed by atoms with E-state index in [1.54, 1.807) is 38.4 Å². The zero-order valence-corrected chi connectivity index (χ0v) is 21.8. The van der Waals surface area contributed by atoms with Crippen molar-refractivity contribution in [3.8, 4) is 22.3 Å². The Morgan fingerprint density at radius 3 is 2.23 bits per heavy atom. The van der Waals surface area contributed by atoms with Crippen molar-refractivity contribution in [2.75, 3.05) is 12.0 Å². The SMILES string of the molecule is CCCS(=O)(=O)c1ccc(-c2cccc(-c3cc(C(C)(C)S(C)(=O)=O)cc4cccnc34)c2)cn1. The van der Waals surface area contributed by atoms with Crippen LogP contribution in [0.1, 0.15) is 32.8 Å². The van der Waals surface area contributed by atoms with E-state index in [0.29, 0.717) is 12.0 Å². The first kappa shape index (κ1) is 25.0. The fourth-order valence-corrected chi connectivity index (χ4v) is 5.73. The van der Waals surface area contributed by atoms with Gasteiger partial charge in [-0.05, 0) is 73.4 Å². The van der Waals surface area contributed by atoms with E-state index in [4.69, 9.17) is 0 Å². The van der Waals surface area contributed by atoms with Gasteiger partial charge in [-0.1, -0.05) is 31.2 Å². The minimum Gasteiger partial charge on any atom is -0.256 e. The summed E-state index contributed by atoms with van der Waals surface area (Å²) in [5.74, 6) is 0.0646. The van der Waals surface area contributed by atoms with Crippen molar-refractivity contribution in [1.82, 2.24) is 9.97 Å². The van der Waals surface area contributed by atoms with E-state index >= 15 is 0 Å². The fraction of sp³-hybridized carbons (Fsp3) is 0.259. The Hall–Kier alpha value is -3.10. The minimum atomic E-state index is -3.38. The molecule has 0 radical (unpaired) electrons. The van der Waals surface area contributed by atoms with Crippen LogP contribution in [0.15, 0.2) is 78.1 Å². The Labute approximate surface area is 206 Å². The number of sulfone groups is 2. The molecule has 0 unspecified atom stereocenters. The van der Waals surface area contributed by atoms with Gasteiger partial charge in [0.25, 0.3) is 0 Å². The third kappa shape index (κ3) is 4.86. The molecule has 0 saturated heterocycles. The highest BCUT2D eigenvalue weighted by Gasteiger charge is 2.33. The van der Waals surface area contributed by atoms with Gasteiger partial charge in [0.05, 0.1) is 16.0 Å². The molecule has 0 aliphatic heterocycles. The summed E-state index contributed by atoms with van der Waals surface area (Å²) >= 11 is 0. The lowest BCUT2D eigenvalue weighted by Gasteiger charge is -2.24. The maximum atomic E-state index is 12.6. The first-order valence-corrected chi connectivity index (χ1v) is 14.9. The summed E-state index contributed by atoms with van der Waals surface area (Å²) in [6.45, 7) is 5.24. The lowest BCUT2D eigenvalue weighted by atomic mass is 9.92. The van der Waals surface area contributed by atoms with Crippen molar-refractivity contribution in [3.63, 3.8) is 0 Å². The number of pyridine rings is 2. The average Bonchev–Trinajstić information content (AvgIpc) is 2.83. The van der Waals surface area contributed by atoms with Crippen LogP contribution >= 0.6 is 0 Å². The van der Waals surface area contributed by atoms with Gasteiger partial charge in [0.15, 0.2) is 24.7 Å². The maximum absolute atomic E-state index is 12.6. The molecule has 0 amide bonds. The van der Waals surface area contributed by atoms with E-state index in [9.17, 15) is 16.8 Å². The van der Waals surface area contributed by atoms with Crippen LogP contribution in [-0.2, 0) is 24.4 Å². The molecule has 0 aliphatic carbocycles. The highest BCUT2D eigenvalue weighted by Crippen LogP contribution is 2.37. The summed E-state index contributed by atoms with van der Waals surface area (Å²) in [5, 5.41) is 0.930. The Morgan fingerprint density at radius 2 is 1.57 bits per heavy atom. The standard InChI is InChI=1S/C27H28N2O4S2/c1-5-14-35(32,33)25-12-11-22(18-29-25)19-8-6-9-20(15-19)24-17-23(27(2,3)34(4,30)31)16-21-10-7-13-28-26(21)24/h6-13,15-18H,5,14H2,1-4H3. The van der Waals surface area contributed by atoms with Crippen molar-refractivity contribution in [2.24, 2.45) is 0 Å². The van der Waals surface area contributed by atoms with Gasteiger partial charge in [-0.15, -0.1) is 0 Å². The van der Waals surface area contributed by atoms with Gasteiger partial charge >= 0.3 is 0 Å². The molecule has 2 aromatic carbocycles. The zero-order valence-electron chi connectivity index (χ0n) is 20.2. The third-order valence-corrected chi connectivity index (χ3v) is 10.3. The largest absolute Gasteiger partial charge is 0.256 e. The molecule has 0 aliphatic rings. The highest BCUT2D eigenvalue weighted by molar-refractivity contribution is 7.91. The molecule has 2 heterocycles. The first-order chi connectivity index (χ1) is 16.4. The van der Waals surface area contributed by atoms with Crippen molar-refractivity contribution in [2.45, 2.75) is 37.0 Å². The van der Waals surface area contributed by atoms with Crippen LogP contribution in [-0.4, -0.2) is 38.8 Å².